The molecule has 16 heavy (non-hydrogen) atoms. The summed E-state index contributed by atoms with van der Waals surface area (Å²) in [6.45, 7) is 3.87. The van der Waals surface area contributed by atoms with Crippen molar-refractivity contribution in [2.75, 3.05) is 0 Å². The molecular formula is C12H11ClO3. The second kappa shape index (κ2) is 4.18. The predicted octanol–water partition coefficient (Wildman–Crippen LogP) is 3.23. The highest BCUT2D eigenvalue weighted by Crippen LogP contribution is 2.21. The Labute approximate surface area is 97.6 Å². The van der Waals surface area contributed by atoms with Crippen LogP contribution in [0.2, 0.25) is 5.02 Å². The Hall–Kier alpha value is -1.48. The standard InChI is InChI=1S/C12H11ClO3/c1-7(2)16-8-3-4-9-11(5-8)15-6-10(13)12(9)14/h3-7H,1-2H3. The zero-order valence-electron chi connectivity index (χ0n) is 8.99. The zero-order chi connectivity index (χ0) is 11.7. The molecule has 0 bridgehead atoms. The van der Waals surface area contributed by atoms with Crippen molar-refractivity contribution in [2.24, 2.45) is 0 Å². The van der Waals surface area contributed by atoms with Gasteiger partial charge in [0.05, 0.1) is 11.5 Å². The van der Waals surface area contributed by atoms with Crippen molar-refractivity contribution in [3.63, 3.8) is 0 Å². The van der Waals surface area contributed by atoms with Gasteiger partial charge in [0, 0.05) is 6.07 Å². The number of rotatable bonds is 2. The van der Waals surface area contributed by atoms with Crippen LogP contribution in [0.3, 0.4) is 0 Å². The van der Waals surface area contributed by atoms with Crippen LogP contribution in [0.25, 0.3) is 11.0 Å². The maximum atomic E-state index is 11.6. The van der Waals surface area contributed by atoms with Gasteiger partial charge in [-0.2, -0.15) is 0 Å². The smallest absolute Gasteiger partial charge is 0.211 e. The summed E-state index contributed by atoms with van der Waals surface area (Å²) in [5, 5.41) is 0.550. The van der Waals surface area contributed by atoms with Crippen molar-refractivity contribution in [3.8, 4) is 5.75 Å². The van der Waals surface area contributed by atoms with Crippen molar-refractivity contribution >= 4 is 22.6 Å². The maximum absolute atomic E-state index is 11.6. The highest BCUT2D eigenvalue weighted by atomic mass is 35.5. The summed E-state index contributed by atoms with van der Waals surface area (Å²) in [6.07, 6.45) is 1.32. The van der Waals surface area contributed by atoms with E-state index in [0.29, 0.717) is 16.7 Å². The Bertz CT molecular complexity index is 572. The maximum Gasteiger partial charge on any atom is 0.211 e. The number of fused-ring (bicyclic) bond motifs is 1. The van der Waals surface area contributed by atoms with Gasteiger partial charge in [-0.3, -0.25) is 4.79 Å². The highest BCUT2D eigenvalue weighted by molar-refractivity contribution is 6.30. The van der Waals surface area contributed by atoms with Crippen LogP contribution in [0.5, 0.6) is 5.75 Å². The average molecular weight is 239 g/mol. The summed E-state index contributed by atoms with van der Waals surface area (Å²) in [5.74, 6) is 0.674. The summed E-state index contributed by atoms with van der Waals surface area (Å²) in [4.78, 5) is 11.6. The molecule has 0 radical (unpaired) electrons. The molecule has 0 aliphatic rings. The van der Waals surface area contributed by atoms with E-state index in [9.17, 15) is 4.79 Å². The molecule has 1 heterocycles. The first-order chi connectivity index (χ1) is 7.58. The molecular weight excluding hydrogens is 228 g/mol. The highest BCUT2D eigenvalue weighted by Gasteiger charge is 2.06. The summed E-state index contributed by atoms with van der Waals surface area (Å²) in [5.41, 5.74) is 0.256. The van der Waals surface area contributed by atoms with Crippen molar-refractivity contribution in [3.05, 3.63) is 39.7 Å². The lowest BCUT2D eigenvalue weighted by Gasteiger charge is -2.09. The number of halogens is 1. The first kappa shape index (κ1) is 11.0. The zero-order valence-corrected chi connectivity index (χ0v) is 9.75. The monoisotopic (exact) mass is 238 g/mol. The molecule has 84 valence electrons. The van der Waals surface area contributed by atoms with Gasteiger partial charge >= 0.3 is 0 Å². The number of ether oxygens (including phenoxy) is 1. The topological polar surface area (TPSA) is 39.4 Å². The molecule has 0 atom stereocenters. The van der Waals surface area contributed by atoms with Crippen LogP contribution in [0.4, 0.5) is 0 Å². The van der Waals surface area contributed by atoms with Crippen LogP contribution in [0.1, 0.15) is 13.8 Å². The van der Waals surface area contributed by atoms with Crippen molar-refractivity contribution in [1.82, 2.24) is 0 Å². The summed E-state index contributed by atoms with van der Waals surface area (Å²) in [6, 6.07) is 5.08. The van der Waals surface area contributed by atoms with Gasteiger partial charge in [-0.05, 0) is 26.0 Å². The van der Waals surface area contributed by atoms with Crippen LogP contribution in [-0.2, 0) is 0 Å². The second-order valence-electron chi connectivity index (χ2n) is 3.74. The molecule has 0 saturated heterocycles. The molecule has 1 aromatic carbocycles. The van der Waals surface area contributed by atoms with Gasteiger partial charge in [0.15, 0.2) is 0 Å². The van der Waals surface area contributed by atoms with E-state index in [1.807, 2.05) is 13.8 Å². The Morgan fingerprint density at radius 3 is 2.81 bits per heavy atom. The normalized spacial score (nSPS) is 11.0. The van der Waals surface area contributed by atoms with Gasteiger partial charge in [0.25, 0.3) is 0 Å². The van der Waals surface area contributed by atoms with Gasteiger partial charge in [-0.1, -0.05) is 11.6 Å². The molecule has 2 rings (SSSR count). The molecule has 0 N–H and O–H groups in total. The quantitative estimate of drug-likeness (QED) is 0.806. The van der Waals surface area contributed by atoms with E-state index >= 15 is 0 Å². The number of hydrogen-bond acceptors (Lipinski definition) is 3. The summed E-state index contributed by atoms with van der Waals surface area (Å²) in [7, 11) is 0. The molecule has 0 saturated carbocycles. The third-order valence-electron chi connectivity index (χ3n) is 2.08. The van der Waals surface area contributed by atoms with Crippen LogP contribution in [-0.4, -0.2) is 6.10 Å². The van der Waals surface area contributed by atoms with Crippen LogP contribution in [0.15, 0.2) is 33.7 Å². The Morgan fingerprint density at radius 2 is 2.12 bits per heavy atom. The summed E-state index contributed by atoms with van der Waals surface area (Å²) >= 11 is 5.67. The third kappa shape index (κ3) is 2.04. The van der Waals surface area contributed by atoms with Crippen molar-refractivity contribution in [2.45, 2.75) is 20.0 Å². The van der Waals surface area contributed by atoms with Crippen LogP contribution in [0, 0.1) is 0 Å². The fraction of sp³-hybridized carbons (Fsp3) is 0.250. The lowest BCUT2D eigenvalue weighted by Crippen LogP contribution is -2.06. The summed E-state index contributed by atoms with van der Waals surface area (Å²) < 4.78 is 10.7. The van der Waals surface area contributed by atoms with E-state index in [1.54, 1.807) is 18.2 Å². The van der Waals surface area contributed by atoms with E-state index in [0.717, 1.165) is 0 Å². The van der Waals surface area contributed by atoms with E-state index in [-0.39, 0.29) is 16.6 Å². The Kier molecular flexibility index (Phi) is 2.88. The minimum atomic E-state index is -0.223. The van der Waals surface area contributed by atoms with Crippen LogP contribution >= 0.6 is 11.6 Å². The van der Waals surface area contributed by atoms with Gasteiger partial charge < -0.3 is 9.15 Å². The lowest BCUT2D eigenvalue weighted by molar-refractivity contribution is 0.242. The fourth-order valence-corrected chi connectivity index (χ4v) is 1.58. The first-order valence-electron chi connectivity index (χ1n) is 4.95. The Balaban J connectivity index is 2.56. The van der Waals surface area contributed by atoms with Crippen molar-refractivity contribution < 1.29 is 9.15 Å². The largest absolute Gasteiger partial charge is 0.491 e. The molecule has 3 nitrogen and oxygen atoms in total. The molecule has 0 fully saturated rings. The number of hydrogen-bond donors (Lipinski definition) is 0. The molecule has 0 aliphatic heterocycles. The molecule has 1 aromatic heterocycles. The van der Waals surface area contributed by atoms with Crippen molar-refractivity contribution in [1.29, 1.82) is 0 Å². The lowest BCUT2D eigenvalue weighted by atomic mass is 10.2. The molecule has 0 unspecified atom stereocenters. The first-order valence-corrected chi connectivity index (χ1v) is 5.33. The molecule has 4 heteroatoms. The predicted molar refractivity (Wildman–Crippen MR) is 63.3 cm³/mol. The molecule has 0 spiro atoms. The van der Waals surface area contributed by atoms with E-state index in [1.165, 1.54) is 6.26 Å². The minimum absolute atomic E-state index is 0.0801. The average Bonchev–Trinajstić information content (AvgIpc) is 2.23. The Morgan fingerprint density at radius 1 is 1.38 bits per heavy atom. The van der Waals surface area contributed by atoms with Gasteiger partial charge in [0.2, 0.25) is 5.43 Å². The second-order valence-corrected chi connectivity index (χ2v) is 4.14. The van der Waals surface area contributed by atoms with Crippen LogP contribution < -0.4 is 10.2 Å². The fourth-order valence-electron chi connectivity index (χ4n) is 1.43. The SMILES string of the molecule is CC(C)Oc1ccc2c(=O)c(Cl)coc2c1. The number of benzene rings is 1. The third-order valence-corrected chi connectivity index (χ3v) is 2.34. The molecule has 0 amide bonds. The minimum Gasteiger partial charge on any atom is -0.491 e. The van der Waals surface area contributed by atoms with E-state index < -0.39 is 0 Å². The van der Waals surface area contributed by atoms with Gasteiger partial charge in [-0.25, -0.2) is 0 Å². The van der Waals surface area contributed by atoms with Gasteiger partial charge in [-0.15, -0.1) is 0 Å². The van der Waals surface area contributed by atoms with E-state index in [4.69, 9.17) is 20.8 Å². The molecule has 2 aromatic rings. The van der Waals surface area contributed by atoms with E-state index in [2.05, 4.69) is 0 Å². The van der Waals surface area contributed by atoms with Gasteiger partial charge in [0.1, 0.15) is 22.6 Å². The molecule has 0 aliphatic carbocycles.